The van der Waals surface area contributed by atoms with Gasteiger partial charge in [-0.3, -0.25) is 19.7 Å². The summed E-state index contributed by atoms with van der Waals surface area (Å²) >= 11 is 0. The number of nitrogens with zero attached hydrogens (tertiary/aromatic N) is 1. The van der Waals surface area contributed by atoms with Crippen LogP contribution in [-0.2, 0) is 4.79 Å². The van der Waals surface area contributed by atoms with E-state index in [-0.39, 0.29) is 17.5 Å². The van der Waals surface area contributed by atoms with Crippen molar-refractivity contribution in [2.24, 2.45) is 0 Å². The van der Waals surface area contributed by atoms with Gasteiger partial charge < -0.3 is 15.4 Å². The summed E-state index contributed by atoms with van der Waals surface area (Å²) in [5.74, 6) is -0.188. The van der Waals surface area contributed by atoms with E-state index in [9.17, 15) is 19.7 Å². The molecule has 2 N–H and O–H groups in total. The van der Waals surface area contributed by atoms with Crippen molar-refractivity contribution in [3.63, 3.8) is 0 Å². The van der Waals surface area contributed by atoms with Gasteiger partial charge in [0.15, 0.2) is 6.10 Å². The summed E-state index contributed by atoms with van der Waals surface area (Å²) < 4.78 is 5.49. The molecule has 0 saturated heterocycles. The lowest BCUT2D eigenvalue weighted by atomic mass is 10.2. The molecule has 8 nitrogen and oxygen atoms in total. The number of non-ortho nitro benzene ring substituents is 1. The first kappa shape index (κ1) is 19.9. The predicted octanol–water partition coefficient (Wildman–Crippen LogP) is 3.14. The number of hydrogen-bond acceptors (Lipinski definition) is 5. The number of ether oxygens (including phenoxy) is 1. The first-order chi connectivity index (χ1) is 12.9. The number of anilines is 1. The van der Waals surface area contributed by atoms with Crippen LogP contribution in [0.15, 0.2) is 48.5 Å². The molecule has 2 aromatic rings. The van der Waals surface area contributed by atoms with E-state index in [1.807, 2.05) is 6.92 Å². The number of rotatable bonds is 8. The second-order valence-electron chi connectivity index (χ2n) is 5.83. The van der Waals surface area contributed by atoms with Crippen LogP contribution in [-0.4, -0.2) is 29.4 Å². The highest BCUT2D eigenvalue weighted by atomic mass is 16.6. The summed E-state index contributed by atoms with van der Waals surface area (Å²) in [7, 11) is 0. The quantitative estimate of drug-likeness (QED) is 0.547. The average molecular weight is 371 g/mol. The van der Waals surface area contributed by atoms with Gasteiger partial charge in [0, 0.05) is 29.9 Å². The molecule has 0 radical (unpaired) electrons. The van der Waals surface area contributed by atoms with Crippen LogP contribution in [0, 0.1) is 10.1 Å². The molecule has 0 aliphatic heterocycles. The Hall–Kier alpha value is -3.42. The van der Waals surface area contributed by atoms with Gasteiger partial charge in [-0.2, -0.15) is 0 Å². The molecule has 0 aliphatic rings. The number of nitrogens with one attached hydrogen (secondary N) is 2. The zero-order valence-corrected chi connectivity index (χ0v) is 15.1. The van der Waals surface area contributed by atoms with Crippen LogP contribution in [0.2, 0.25) is 0 Å². The van der Waals surface area contributed by atoms with E-state index in [0.717, 1.165) is 6.42 Å². The molecule has 2 aromatic carbocycles. The molecule has 0 aromatic heterocycles. The normalized spacial score (nSPS) is 11.3. The molecular formula is C19H21N3O5. The minimum Gasteiger partial charge on any atom is -0.481 e. The Labute approximate surface area is 156 Å². The summed E-state index contributed by atoms with van der Waals surface area (Å²) in [4.78, 5) is 34.2. The second-order valence-corrected chi connectivity index (χ2v) is 5.83. The number of hydrogen-bond donors (Lipinski definition) is 2. The van der Waals surface area contributed by atoms with Crippen molar-refractivity contribution in [3.05, 3.63) is 64.2 Å². The van der Waals surface area contributed by atoms with Gasteiger partial charge in [-0.05, 0) is 49.7 Å². The van der Waals surface area contributed by atoms with E-state index >= 15 is 0 Å². The van der Waals surface area contributed by atoms with Gasteiger partial charge in [-0.15, -0.1) is 0 Å². The highest BCUT2D eigenvalue weighted by Crippen LogP contribution is 2.19. The maximum atomic E-state index is 12.2. The topological polar surface area (TPSA) is 111 Å². The summed E-state index contributed by atoms with van der Waals surface area (Å²) in [6.45, 7) is 4.15. The summed E-state index contributed by atoms with van der Waals surface area (Å²) in [6, 6.07) is 12.0. The minimum atomic E-state index is -0.806. The third-order valence-electron chi connectivity index (χ3n) is 3.68. The lowest BCUT2D eigenvalue weighted by Gasteiger charge is -2.15. The number of carbonyl (C=O) groups excluding carboxylic acids is 2. The van der Waals surface area contributed by atoms with Crippen LogP contribution in [0.3, 0.4) is 0 Å². The average Bonchev–Trinajstić information content (AvgIpc) is 2.67. The number of carbonyl (C=O) groups is 2. The fourth-order valence-corrected chi connectivity index (χ4v) is 2.19. The fraction of sp³-hybridized carbons (Fsp3) is 0.263. The Balaban J connectivity index is 1.91. The Morgan fingerprint density at radius 1 is 1.11 bits per heavy atom. The number of benzene rings is 2. The van der Waals surface area contributed by atoms with E-state index in [4.69, 9.17) is 4.74 Å². The Bertz CT molecular complexity index is 803. The van der Waals surface area contributed by atoms with Gasteiger partial charge in [0.2, 0.25) is 0 Å². The molecule has 27 heavy (non-hydrogen) atoms. The van der Waals surface area contributed by atoms with E-state index < -0.39 is 11.0 Å². The van der Waals surface area contributed by atoms with Crippen LogP contribution in [0.5, 0.6) is 5.75 Å². The van der Waals surface area contributed by atoms with E-state index in [1.54, 1.807) is 31.2 Å². The lowest BCUT2D eigenvalue weighted by Crippen LogP contribution is -2.30. The molecular weight excluding hydrogens is 350 g/mol. The molecule has 0 spiro atoms. The highest BCUT2D eigenvalue weighted by Gasteiger charge is 2.16. The smallest absolute Gasteiger partial charge is 0.269 e. The van der Waals surface area contributed by atoms with Crippen LogP contribution in [0.25, 0.3) is 0 Å². The fourth-order valence-electron chi connectivity index (χ4n) is 2.19. The molecule has 0 heterocycles. The van der Waals surface area contributed by atoms with Crippen LogP contribution < -0.4 is 15.4 Å². The van der Waals surface area contributed by atoms with Gasteiger partial charge in [0.1, 0.15) is 5.75 Å². The molecule has 0 bridgehead atoms. The predicted molar refractivity (Wildman–Crippen MR) is 101 cm³/mol. The summed E-state index contributed by atoms with van der Waals surface area (Å²) in [5.41, 5.74) is 0.991. The van der Waals surface area contributed by atoms with E-state index in [2.05, 4.69) is 10.6 Å². The molecule has 142 valence electrons. The zero-order chi connectivity index (χ0) is 19.8. The van der Waals surface area contributed by atoms with Crippen molar-refractivity contribution in [2.45, 2.75) is 26.4 Å². The SMILES string of the molecule is CCCNC(=O)c1ccc(NC(=O)C(C)Oc2ccc([N+](=O)[O-])cc2)cc1. The van der Waals surface area contributed by atoms with Crippen molar-refractivity contribution in [3.8, 4) is 5.75 Å². The summed E-state index contributed by atoms with van der Waals surface area (Å²) in [6.07, 6.45) is 0.0472. The molecule has 2 rings (SSSR count). The molecule has 0 fully saturated rings. The molecule has 2 amide bonds. The number of nitro groups is 1. The van der Waals surface area contributed by atoms with Crippen molar-refractivity contribution in [1.82, 2.24) is 5.32 Å². The van der Waals surface area contributed by atoms with E-state index in [1.165, 1.54) is 24.3 Å². The second kappa shape index (κ2) is 9.33. The van der Waals surface area contributed by atoms with Crippen LogP contribution >= 0.6 is 0 Å². The van der Waals surface area contributed by atoms with Crippen LogP contribution in [0.1, 0.15) is 30.6 Å². The molecule has 0 aliphatic carbocycles. The lowest BCUT2D eigenvalue weighted by molar-refractivity contribution is -0.384. The van der Waals surface area contributed by atoms with Gasteiger partial charge >= 0.3 is 0 Å². The first-order valence-electron chi connectivity index (χ1n) is 8.51. The van der Waals surface area contributed by atoms with Crippen molar-refractivity contribution < 1.29 is 19.2 Å². The van der Waals surface area contributed by atoms with Gasteiger partial charge in [-0.1, -0.05) is 6.92 Å². The molecule has 8 heteroatoms. The monoisotopic (exact) mass is 371 g/mol. The minimum absolute atomic E-state index is 0.0532. The van der Waals surface area contributed by atoms with Gasteiger partial charge in [0.25, 0.3) is 17.5 Å². The van der Waals surface area contributed by atoms with Crippen molar-refractivity contribution in [2.75, 3.05) is 11.9 Å². The number of amides is 2. The van der Waals surface area contributed by atoms with Gasteiger partial charge in [0.05, 0.1) is 4.92 Å². The largest absolute Gasteiger partial charge is 0.481 e. The Morgan fingerprint density at radius 2 is 1.74 bits per heavy atom. The maximum Gasteiger partial charge on any atom is 0.269 e. The molecule has 1 atom stereocenters. The van der Waals surface area contributed by atoms with Gasteiger partial charge in [-0.25, -0.2) is 0 Å². The Kier molecular flexibility index (Phi) is 6.87. The summed E-state index contributed by atoms with van der Waals surface area (Å²) in [5, 5.41) is 16.1. The third-order valence-corrected chi connectivity index (χ3v) is 3.68. The van der Waals surface area contributed by atoms with Crippen molar-refractivity contribution in [1.29, 1.82) is 0 Å². The van der Waals surface area contributed by atoms with Crippen LogP contribution in [0.4, 0.5) is 11.4 Å². The highest BCUT2D eigenvalue weighted by molar-refractivity contribution is 5.96. The standard InChI is InChI=1S/C19H21N3O5/c1-3-12-20-19(24)14-4-6-15(7-5-14)21-18(23)13(2)27-17-10-8-16(9-11-17)22(25)26/h4-11,13H,3,12H2,1-2H3,(H,20,24)(H,21,23). The van der Waals surface area contributed by atoms with Crippen molar-refractivity contribution >= 4 is 23.2 Å². The molecule has 1 unspecified atom stereocenters. The first-order valence-corrected chi connectivity index (χ1v) is 8.51. The maximum absolute atomic E-state index is 12.2. The molecule has 0 saturated carbocycles. The Morgan fingerprint density at radius 3 is 2.30 bits per heavy atom. The van der Waals surface area contributed by atoms with E-state index in [0.29, 0.717) is 23.5 Å². The number of nitro benzene ring substituents is 1. The third kappa shape index (κ3) is 5.81. The zero-order valence-electron chi connectivity index (χ0n) is 15.1.